The Labute approximate surface area is 170 Å². The number of carbonyl (C=O) groups is 3. The summed E-state index contributed by atoms with van der Waals surface area (Å²) in [7, 11) is 3.51. The molecule has 1 aliphatic heterocycles. The number of nitrogens with one attached hydrogen (secondary N) is 2. The van der Waals surface area contributed by atoms with Gasteiger partial charge in [0.1, 0.15) is 6.04 Å². The van der Waals surface area contributed by atoms with Gasteiger partial charge in [0, 0.05) is 32.2 Å². The van der Waals surface area contributed by atoms with Gasteiger partial charge in [-0.2, -0.15) is 0 Å². The standard InChI is InChI=1S/C22H26N4O3/c1-23-12-13-25(2)19(27)14-24-21(28)20-17-10-6-7-11-18(17)22(29)26(20)15-16-8-4-3-5-9-16/h3-11,20,23H,12-15H2,1-2H3,(H,24,28). The van der Waals surface area contributed by atoms with Gasteiger partial charge in [0.15, 0.2) is 0 Å². The molecule has 0 fully saturated rings. The van der Waals surface area contributed by atoms with Crippen molar-refractivity contribution < 1.29 is 14.4 Å². The fourth-order valence-corrected chi connectivity index (χ4v) is 3.39. The lowest BCUT2D eigenvalue weighted by Crippen LogP contribution is -2.44. The lowest BCUT2D eigenvalue weighted by atomic mass is 10.0. The van der Waals surface area contributed by atoms with Crippen LogP contribution in [-0.2, 0) is 16.1 Å². The second-order valence-electron chi connectivity index (χ2n) is 7.05. The van der Waals surface area contributed by atoms with E-state index in [0.717, 1.165) is 5.56 Å². The third kappa shape index (κ3) is 4.63. The van der Waals surface area contributed by atoms with Crippen LogP contribution >= 0.6 is 0 Å². The number of likely N-dealkylation sites (N-methyl/N-ethyl adjacent to an activating group) is 2. The number of carbonyl (C=O) groups excluding carboxylic acids is 3. The summed E-state index contributed by atoms with van der Waals surface area (Å²) in [5.74, 6) is -0.711. The minimum absolute atomic E-state index is 0.106. The van der Waals surface area contributed by atoms with Crippen molar-refractivity contribution in [3.05, 3.63) is 71.3 Å². The minimum Gasteiger partial charge on any atom is -0.345 e. The molecule has 0 saturated carbocycles. The largest absolute Gasteiger partial charge is 0.345 e. The van der Waals surface area contributed by atoms with E-state index in [1.165, 1.54) is 0 Å². The van der Waals surface area contributed by atoms with Crippen molar-refractivity contribution in [2.45, 2.75) is 12.6 Å². The number of amides is 3. The third-order valence-electron chi connectivity index (χ3n) is 5.04. The molecule has 0 saturated heterocycles. The van der Waals surface area contributed by atoms with Gasteiger partial charge in [-0.05, 0) is 24.2 Å². The second kappa shape index (κ2) is 9.34. The molecule has 0 radical (unpaired) electrons. The van der Waals surface area contributed by atoms with Gasteiger partial charge < -0.3 is 20.4 Å². The monoisotopic (exact) mass is 394 g/mol. The second-order valence-corrected chi connectivity index (χ2v) is 7.05. The maximum atomic E-state index is 13.0. The third-order valence-corrected chi connectivity index (χ3v) is 5.04. The van der Waals surface area contributed by atoms with Gasteiger partial charge in [0.25, 0.3) is 5.91 Å². The molecule has 3 amide bonds. The number of nitrogens with zero attached hydrogens (tertiary/aromatic N) is 2. The highest BCUT2D eigenvalue weighted by Crippen LogP contribution is 2.34. The summed E-state index contributed by atoms with van der Waals surface area (Å²) in [4.78, 5) is 41.3. The molecular formula is C22H26N4O3. The smallest absolute Gasteiger partial charge is 0.255 e. The molecule has 0 bridgehead atoms. The molecular weight excluding hydrogens is 368 g/mol. The number of benzene rings is 2. The van der Waals surface area contributed by atoms with Crippen LogP contribution < -0.4 is 10.6 Å². The quantitative estimate of drug-likeness (QED) is 0.704. The first-order valence-corrected chi connectivity index (χ1v) is 9.63. The summed E-state index contributed by atoms with van der Waals surface area (Å²) in [5.41, 5.74) is 2.14. The first-order valence-electron chi connectivity index (χ1n) is 9.63. The zero-order valence-electron chi connectivity index (χ0n) is 16.7. The summed E-state index contributed by atoms with van der Waals surface area (Å²) in [6, 6.07) is 15.9. The molecule has 0 aromatic heterocycles. The van der Waals surface area contributed by atoms with E-state index < -0.39 is 6.04 Å². The normalized spacial score (nSPS) is 15.2. The van der Waals surface area contributed by atoms with Crippen molar-refractivity contribution in [1.29, 1.82) is 0 Å². The summed E-state index contributed by atoms with van der Waals surface area (Å²) in [5, 5.41) is 5.70. The highest BCUT2D eigenvalue weighted by atomic mass is 16.2. The zero-order chi connectivity index (χ0) is 20.8. The van der Waals surface area contributed by atoms with Crippen LogP contribution in [0, 0.1) is 0 Å². The number of fused-ring (bicyclic) bond motifs is 1. The van der Waals surface area contributed by atoms with E-state index in [4.69, 9.17) is 0 Å². The van der Waals surface area contributed by atoms with E-state index in [-0.39, 0.29) is 24.3 Å². The average molecular weight is 394 g/mol. The van der Waals surface area contributed by atoms with Crippen molar-refractivity contribution in [1.82, 2.24) is 20.4 Å². The zero-order valence-corrected chi connectivity index (χ0v) is 16.7. The predicted molar refractivity (Wildman–Crippen MR) is 110 cm³/mol. The van der Waals surface area contributed by atoms with Crippen LogP contribution in [0.3, 0.4) is 0 Å². The topological polar surface area (TPSA) is 81.8 Å². The summed E-state index contributed by atoms with van der Waals surface area (Å²) in [6.07, 6.45) is 0. The SMILES string of the molecule is CNCCN(C)C(=O)CNC(=O)C1c2ccccc2C(=O)N1Cc1ccccc1. The first kappa shape index (κ1) is 20.5. The van der Waals surface area contributed by atoms with E-state index in [1.807, 2.05) is 43.4 Å². The molecule has 152 valence electrons. The molecule has 0 spiro atoms. The van der Waals surface area contributed by atoms with Crippen LogP contribution in [0.5, 0.6) is 0 Å². The van der Waals surface area contributed by atoms with Gasteiger partial charge >= 0.3 is 0 Å². The Balaban J connectivity index is 1.75. The molecule has 1 heterocycles. The molecule has 2 aromatic carbocycles. The molecule has 3 rings (SSSR count). The Morgan fingerprint density at radius 1 is 1.07 bits per heavy atom. The maximum absolute atomic E-state index is 13.0. The van der Waals surface area contributed by atoms with Crippen LogP contribution in [-0.4, -0.2) is 61.3 Å². The lowest BCUT2D eigenvalue weighted by Gasteiger charge is -2.25. The molecule has 2 N–H and O–H groups in total. The molecule has 1 aliphatic rings. The van der Waals surface area contributed by atoms with Gasteiger partial charge in [0.05, 0.1) is 6.54 Å². The predicted octanol–water partition coefficient (Wildman–Crippen LogP) is 1.18. The van der Waals surface area contributed by atoms with Crippen LogP contribution in [0.1, 0.15) is 27.5 Å². The van der Waals surface area contributed by atoms with Crippen molar-refractivity contribution in [3.8, 4) is 0 Å². The molecule has 1 unspecified atom stereocenters. The van der Waals surface area contributed by atoms with E-state index in [1.54, 1.807) is 35.0 Å². The highest BCUT2D eigenvalue weighted by Gasteiger charge is 2.40. The number of rotatable bonds is 8. The summed E-state index contributed by atoms with van der Waals surface area (Å²) >= 11 is 0. The fraction of sp³-hybridized carbons (Fsp3) is 0.318. The molecule has 0 aliphatic carbocycles. The van der Waals surface area contributed by atoms with Gasteiger partial charge in [-0.25, -0.2) is 0 Å². The summed E-state index contributed by atoms with van der Waals surface area (Å²) < 4.78 is 0. The van der Waals surface area contributed by atoms with E-state index in [2.05, 4.69) is 10.6 Å². The van der Waals surface area contributed by atoms with Crippen molar-refractivity contribution >= 4 is 17.7 Å². The van der Waals surface area contributed by atoms with E-state index in [0.29, 0.717) is 30.8 Å². The Hall–Kier alpha value is -3.19. The summed E-state index contributed by atoms with van der Waals surface area (Å²) in [6.45, 7) is 1.44. The lowest BCUT2D eigenvalue weighted by molar-refractivity contribution is -0.133. The van der Waals surface area contributed by atoms with Gasteiger partial charge in [-0.15, -0.1) is 0 Å². The molecule has 7 nitrogen and oxygen atoms in total. The van der Waals surface area contributed by atoms with Crippen molar-refractivity contribution in [2.24, 2.45) is 0 Å². The molecule has 29 heavy (non-hydrogen) atoms. The Kier molecular flexibility index (Phi) is 6.61. The Morgan fingerprint density at radius 2 is 1.76 bits per heavy atom. The van der Waals surface area contributed by atoms with Crippen LogP contribution in [0.4, 0.5) is 0 Å². The highest BCUT2D eigenvalue weighted by molar-refractivity contribution is 6.05. The van der Waals surface area contributed by atoms with Gasteiger partial charge in [-0.3, -0.25) is 14.4 Å². The number of hydrogen-bond acceptors (Lipinski definition) is 4. The minimum atomic E-state index is -0.755. The van der Waals surface area contributed by atoms with E-state index >= 15 is 0 Å². The van der Waals surface area contributed by atoms with Crippen LogP contribution in [0.15, 0.2) is 54.6 Å². The Morgan fingerprint density at radius 3 is 2.48 bits per heavy atom. The van der Waals surface area contributed by atoms with Crippen molar-refractivity contribution in [3.63, 3.8) is 0 Å². The van der Waals surface area contributed by atoms with Crippen LogP contribution in [0.2, 0.25) is 0 Å². The molecule has 7 heteroatoms. The van der Waals surface area contributed by atoms with E-state index in [9.17, 15) is 14.4 Å². The fourth-order valence-electron chi connectivity index (χ4n) is 3.39. The maximum Gasteiger partial charge on any atom is 0.255 e. The molecule has 2 aromatic rings. The van der Waals surface area contributed by atoms with Gasteiger partial charge in [0.2, 0.25) is 11.8 Å². The van der Waals surface area contributed by atoms with Crippen molar-refractivity contribution in [2.75, 3.05) is 33.7 Å². The number of hydrogen-bond donors (Lipinski definition) is 2. The Bertz CT molecular complexity index is 885. The van der Waals surface area contributed by atoms with Gasteiger partial charge in [-0.1, -0.05) is 48.5 Å². The molecule has 1 atom stereocenters. The first-order chi connectivity index (χ1) is 14.0. The average Bonchev–Trinajstić information content (AvgIpc) is 3.02. The van der Waals surface area contributed by atoms with Crippen LogP contribution in [0.25, 0.3) is 0 Å².